The van der Waals surface area contributed by atoms with Crippen LogP contribution in [0.5, 0.6) is 5.75 Å². The van der Waals surface area contributed by atoms with Crippen LogP contribution in [0.2, 0.25) is 5.02 Å². The molecule has 0 bridgehead atoms. The average molecular weight is 369 g/mol. The van der Waals surface area contributed by atoms with Gasteiger partial charge in [0.1, 0.15) is 5.75 Å². The highest BCUT2D eigenvalue weighted by Gasteiger charge is 2.19. The molecule has 0 aliphatic rings. The number of carbonyl (C=O) groups is 2. The van der Waals surface area contributed by atoms with Gasteiger partial charge in [-0.3, -0.25) is 9.59 Å². The molecular weight excluding hydrogens is 352 g/mol. The second-order valence-corrected chi connectivity index (χ2v) is 6.37. The van der Waals surface area contributed by atoms with Gasteiger partial charge in [-0.2, -0.15) is 0 Å². The first-order valence-electron chi connectivity index (χ1n) is 7.96. The summed E-state index contributed by atoms with van der Waals surface area (Å²) >= 11 is 5.89. The first kappa shape index (κ1) is 17.8. The molecule has 0 saturated carbocycles. The van der Waals surface area contributed by atoms with Gasteiger partial charge in [-0.15, -0.1) is 0 Å². The van der Waals surface area contributed by atoms with Crippen LogP contribution in [0.25, 0.3) is 10.8 Å². The second-order valence-electron chi connectivity index (χ2n) is 5.94. The van der Waals surface area contributed by atoms with Gasteiger partial charge in [-0.1, -0.05) is 41.9 Å². The molecule has 6 heteroatoms. The van der Waals surface area contributed by atoms with Crippen LogP contribution in [0.15, 0.2) is 60.7 Å². The van der Waals surface area contributed by atoms with Gasteiger partial charge in [0.2, 0.25) is 5.91 Å². The number of nitrogens with one attached hydrogen (secondary N) is 1. The summed E-state index contributed by atoms with van der Waals surface area (Å²) in [7, 11) is 1.51. The van der Waals surface area contributed by atoms with Crippen molar-refractivity contribution in [2.75, 3.05) is 18.9 Å². The van der Waals surface area contributed by atoms with Gasteiger partial charge < -0.3 is 15.3 Å². The molecule has 0 radical (unpaired) electrons. The first-order valence-corrected chi connectivity index (χ1v) is 8.34. The number of amides is 2. The van der Waals surface area contributed by atoms with Gasteiger partial charge in [0, 0.05) is 17.8 Å². The molecule has 0 aromatic heterocycles. The van der Waals surface area contributed by atoms with Crippen molar-refractivity contribution in [3.8, 4) is 5.75 Å². The van der Waals surface area contributed by atoms with Crippen LogP contribution in [-0.4, -0.2) is 35.4 Å². The van der Waals surface area contributed by atoms with Gasteiger partial charge >= 0.3 is 0 Å². The monoisotopic (exact) mass is 368 g/mol. The Morgan fingerprint density at radius 2 is 1.73 bits per heavy atom. The van der Waals surface area contributed by atoms with Crippen LogP contribution in [0.1, 0.15) is 10.4 Å². The van der Waals surface area contributed by atoms with E-state index >= 15 is 0 Å². The highest BCUT2D eigenvalue weighted by Crippen LogP contribution is 2.26. The molecule has 0 heterocycles. The first-order chi connectivity index (χ1) is 12.4. The number of aromatic hydroxyl groups is 1. The largest absolute Gasteiger partial charge is 0.507 e. The smallest absolute Gasteiger partial charge is 0.257 e. The molecule has 5 nitrogen and oxygen atoms in total. The quantitative estimate of drug-likeness (QED) is 0.733. The lowest BCUT2D eigenvalue weighted by atomic mass is 10.1. The van der Waals surface area contributed by atoms with Crippen LogP contribution >= 0.6 is 11.6 Å². The maximum atomic E-state index is 12.6. The van der Waals surface area contributed by atoms with Crippen LogP contribution < -0.4 is 5.32 Å². The van der Waals surface area contributed by atoms with Crippen LogP contribution in [0.4, 0.5) is 5.69 Å². The number of nitrogens with zero attached hydrogens (tertiary/aromatic N) is 1. The predicted molar refractivity (Wildman–Crippen MR) is 103 cm³/mol. The average Bonchev–Trinajstić information content (AvgIpc) is 2.60. The van der Waals surface area contributed by atoms with E-state index in [-0.39, 0.29) is 23.8 Å². The maximum Gasteiger partial charge on any atom is 0.257 e. The molecule has 132 valence electrons. The van der Waals surface area contributed by atoms with Crippen molar-refractivity contribution in [1.29, 1.82) is 0 Å². The lowest BCUT2D eigenvalue weighted by Crippen LogP contribution is -2.35. The lowest BCUT2D eigenvalue weighted by Gasteiger charge is -2.18. The van der Waals surface area contributed by atoms with Crippen molar-refractivity contribution in [3.05, 3.63) is 71.2 Å². The Hall–Kier alpha value is -3.05. The third-order valence-electron chi connectivity index (χ3n) is 3.93. The summed E-state index contributed by atoms with van der Waals surface area (Å²) in [6, 6.07) is 17.3. The summed E-state index contributed by atoms with van der Waals surface area (Å²) in [5, 5.41) is 15.0. The van der Waals surface area contributed by atoms with Crippen molar-refractivity contribution >= 4 is 39.9 Å². The summed E-state index contributed by atoms with van der Waals surface area (Å²) in [5.41, 5.74) is 0.707. The van der Waals surface area contributed by atoms with Gasteiger partial charge in [0.15, 0.2) is 0 Å². The summed E-state index contributed by atoms with van der Waals surface area (Å²) in [4.78, 5) is 26.0. The zero-order chi connectivity index (χ0) is 18.7. The number of anilines is 1. The van der Waals surface area contributed by atoms with Crippen LogP contribution in [-0.2, 0) is 4.79 Å². The molecule has 26 heavy (non-hydrogen) atoms. The third-order valence-corrected chi connectivity index (χ3v) is 4.17. The van der Waals surface area contributed by atoms with E-state index in [0.29, 0.717) is 10.7 Å². The Balaban J connectivity index is 1.73. The number of benzene rings is 3. The van der Waals surface area contributed by atoms with Crippen molar-refractivity contribution in [1.82, 2.24) is 4.90 Å². The summed E-state index contributed by atoms with van der Waals surface area (Å²) in [6.45, 7) is -0.155. The summed E-state index contributed by atoms with van der Waals surface area (Å²) in [6.07, 6.45) is 0. The minimum Gasteiger partial charge on any atom is -0.507 e. The van der Waals surface area contributed by atoms with Gasteiger partial charge in [-0.25, -0.2) is 0 Å². The maximum absolute atomic E-state index is 12.6. The molecule has 0 atom stereocenters. The molecule has 0 spiro atoms. The van der Waals surface area contributed by atoms with E-state index in [1.54, 1.807) is 36.4 Å². The van der Waals surface area contributed by atoms with E-state index in [9.17, 15) is 14.7 Å². The van der Waals surface area contributed by atoms with Crippen molar-refractivity contribution in [3.63, 3.8) is 0 Å². The van der Waals surface area contributed by atoms with Crippen molar-refractivity contribution < 1.29 is 14.7 Å². The number of phenolic OH excluding ortho intramolecular Hbond substituents is 1. The minimum atomic E-state index is -0.436. The highest BCUT2D eigenvalue weighted by molar-refractivity contribution is 6.30. The van der Waals surface area contributed by atoms with Crippen LogP contribution in [0, 0.1) is 0 Å². The Morgan fingerprint density at radius 1 is 1.04 bits per heavy atom. The summed E-state index contributed by atoms with van der Waals surface area (Å²) in [5.74, 6) is -0.909. The van der Waals surface area contributed by atoms with E-state index in [1.165, 1.54) is 11.9 Å². The number of hydrogen-bond acceptors (Lipinski definition) is 3. The van der Waals surface area contributed by atoms with Gasteiger partial charge in [0.25, 0.3) is 5.91 Å². The number of hydrogen-bond donors (Lipinski definition) is 2. The third kappa shape index (κ3) is 3.95. The fourth-order valence-corrected chi connectivity index (χ4v) is 2.85. The molecule has 0 aliphatic carbocycles. The standard InChI is InChI=1S/C20H17ClN2O3/c1-23(12-19(25)22-16-8-4-7-15(21)11-16)20(26)17-9-13-5-2-3-6-14(13)10-18(17)24/h2-11,24H,12H2,1H3,(H,22,25). The normalized spacial score (nSPS) is 10.5. The molecule has 3 rings (SSSR count). The molecule has 3 aromatic rings. The zero-order valence-electron chi connectivity index (χ0n) is 14.1. The highest BCUT2D eigenvalue weighted by atomic mass is 35.5. The lowest BCUT2D eigenvalue weighted by molar-refractivity contribution is -0.116. The van der Waals surface area contributed by atoms with E-state index in [1.807, 2.05) is 24.3 Å². The fourth-order valence-electron chi connectivity index (χ4n) is 2.66. The van der Waals surface area contributed by atoms with Crippen molar-refractivity contribution in [2.24, 2.45) is 0 Å². The topological polar surface area (TPSA) is 69.6 Å². The number of fused-ring (bicyclic) bond motifs is 1. The summed E-state index contributed by atoms with van der Waals surface area (Å²) < 4.78 is 0. The Morgan fingerprint density at radius 3 is 2.42 bits per heavy atom. The number of halogens is 1. The van der Waals surface area contributed by atoms with E-state index in [2.05, 4.69) is 5.32 Å². The Bertz CT molecular complexity index is 988. The minimum absolute atomic E-state index is 0.115. The zero-order valence-corrected chi connectivity index (χ0v) is 14.8. The number of phenols is 1. The number of likely N-dealkylation sites (N-methyl/N-ethyl adjacent to an activating group) is 1. The van der Waals surface area contributed by atoms with Crippen molar-refractivity contribution in [2.45, 2.75) is 0 Å². The fraction of sp³-hybridized carbons (Fsp3) is 0.100. The molecule has 2 N–H and O–H groups in total. The molecule has 0 fully saturated rings. The SMILES string of the molecule is CN(CC(=O)Nc1cccc(Cl)c1)C(=O)c1cc2ccccc2cc1O. The van der Waals surface area contributed by atoms with Gasteiger partial charge in [-0.05, 0) is 41.1 Å². The number of rotatable bonds is 4. The molecular formula is C20H17ClN2O3. The molecule has 3 aromatic carbocycles. The molecule has 0 saturated heterocycles. The predicted octanol–water partition coefficient (Wildman–Crippen LogP) is 3.91. The van der Waals surface area contributed by atoms with E-state index in [0.717, 1.165) is 10.8 Å². The molecule has 0 unspecified atom stereocenters. The molecule has 2 amide bonds. The second kappa shape index (κ2) is 7.45. The van der Waals surface area contributed by atoms with Crippen LogP contribution in [0.3, 0.4) is 0 Å². The Labute approximate surface area is 155 Å². The van der Waals surface area contributed by atoms with E-state index < -0.39 is 5.91 Å². The van der Waals surface area contributed by atoms with E-state index in [4.69, 9.17) is 11.6 Å². The van der Waals surface area contributed by atoms with Gasteiger partial charge in [0.05, 0.1) is 12.1 Å². The molecule has 0 aliphatic heterocycles. The Kier molecular flexibility index (Phi) is 5.09. The number of carbonyl (C=O) groups excluding carboxylic acids is 2.